The van der Waals surface area contributed by atoms with Crippen LogP contribution in [0.5, 0.6) is 0 Å². The molecule has 0 spiro atoms. The molecule has 0 aromatic heterocycles. The van der Waals surface area contributed by atoms with Crippen molar-refractivity contribution in [2.75, 3.05) is 51.3 Å². The number of hydrogen-bond donors (Lipinski definition) is 2. The van der Waals surface area contributed by atoms with Crippen molar-refractivity contribution >= 4 is 5.69 Å². The minimum Gasteiger partial charge on any atom is -0.384 e. The van der Waals surface area contributed by atoms with E-state index in [0.717, 1.165) is 58.9 Å². The van der Waals surface area contributed by atoms with Crippen LogP contribution in [0.1, 0.15) is 11.1 Å². The quantitative estimate of drug-likeness (QED) is 0.850. The fraction of sp³-hybridized carbons (Fsp3) is 0.600. The van der Waals surface area contributed by atoms with Crippen molar-refractivity contribution in [1.82, 2.24) is 10.2 Å². The van der Waals surface area contributed by atoms with E-state index in [-0.39, 0.29) is 0 Å². The first-order chi connectivity index (χ1) is 9.43. The van der Waals surface area contributed by atoms with Crippen LogP contribution in [0.3, 0.4) is 0 Å². The highest BCUT2D eigenvalue weighted by Crippen LogP contribution is 2.22. The van der Waals surface area contributed by atoms with Gasteiger partial charge >= 0.3 is 0 Å². The van der Waals surface area contributed by atoms with Gasteiger partial charge in [-0.15, -0.1) is 0 Å². The minimum absolute atomic E-state index is 0.881. The number of anilines is 1. The Balaban J connectivity index is 1.54. The van der Waals surface area contributed by atoms with Crippen molar-refractivity contribution < 1.29 is 4.74 Å². The zero-order chi connectivity index (χ0) is 12.9. The van der Waals surface area contributed by atoms with Gasteiger partial charge in [-0.05, 0) is 30.2 Å². The van der Waals surface area contributed by atoms with E-state index in [4.69, 9.17) is 4.74 Å². The SMILES string of the molecule is c1cc2c(c(NCCN3CCOCC3)c1)CCNC2. The molecule has 0 amide bonds. The Morgan fingerprint density at radius 3 is 3.05 bits per heavy atom. The fourth-order valence-corrected chi connectivity index (χ4v) is 2.87. The summed E-state index contributed by atoms with van der Waals surface area (Å²) in [5, 5.41) is 7.04. The molecule has 104 valence electrons. The maximum atomic E-state index is 5.37. The number of rotatable bonds is 4. The first kappa shape index (κ1) is 12.9. The van der Waals surface area contributed by atoms with E-state index in [1.807, 2.05) is 0 Å². The third-order valence-corrected chi connectivity index (χ3v) is 3.99. The van der Waals surface area contributed by atoms with Crippen molar-refractivity contribution in [3.05, 3.63) is 29.3 Å². The van der Waals surface area contributed by atoms with E-state index in [1.165, 1.54) is 16.8 Å². The van der Waals surface area contributed by atoms with Crippen LogP contribution in [0.25, 0.3) is 0 Å². The topological polar surface area (TPSA) is 36.5 Å². The van der Waals surface area contributed by atoms with Gasteiger partial charge in [0.25, 0.3) is 0 Å². The van der Waals surface area contributed by atoms with Crippen molar-refractivity contribution in [3.8, 4) is 0 Å². The van der Waals surface area contributed by atoms with Crippen molar-refractivity contribution in [3.63, 3.8) is 0 Å². The monoisotopic (exact) mass is 261 g/mol. The summed E-state index contributed by atoms with van der Waals surface area (Å²) in [6, 6.07) is 6.60. The van der Waals surface area contributed by atoms with Gasteiger partial charge in [0.1, 0.15) is 0 Å². The van der Waals surface area contributed by atoms with Gasteiger partial charge in [0, 0.05) is 38.4 Å². The van der Waals surface area contributed by atoms with Gasteiger partial charge in [0.15, 0.2) is 0 Å². The molecule has 1 aromatic carbocycles. The molecule has 0 atom stereocenters. The van der Waals surface area contributed by atoms with Crippen LogP contribution >= 0.6 is 0 Å². The molecule has 0 radical (unpaired) electrons. The Labute approximate surface area is 115 Å². The summed E-state index contributed by atoms with van der Waals surface area (Å²) in [4.78, 5) is 2.47. The average molecular weight is 261 g/mol. The Morgan fingerprint density at radius 1 is 1.26 bits per heavy atom. The lowest BCUT2D eigenvalue weighted by Gasteiger charge is -2.27. The molecule has 0 unspecified atom stereocenters. The third-order valence-electron chi connectivity index (χ3n) is 3.99. The van der Waals surface area contributed by atoms with E-state index < -0.39 is 0 Å². The van der Waals surface area contributed by atoms with E-state index in [9.17, 15) is 0 Å². The van der Waals surface area contributed by atoms with Crippen molar-refractivity contribution in [1.29, 1.82) is 0 Å². The molecule has 19 heavy (non-hydrogen) atoms. The number of nitrogens with zero attached hydrogens (tertiary/aromatic N) is 1. The summed E-state index contributed by atoms with van der Waals surface area (Å²) < 4.78 is 5.37. The van der Waals surface area contributed by atoms with Crippen LogP contribution < -0.4 is 10.6 Å². The second-order valence-electron chi connectivity index (χ2n) is 5.25. The first-order valence-corrected chi connectivity index (χ1v) is 7.29. The van der Waals surface area contributed by atoms with E-state index >= 15 is 0 Å². The van der Waals surface area contributed by atoms with Gasteiger partial charge in [0.05, 0.1) is 13.2 Å². The molecule has 1 fully saturated rings. The van der Waals surface area contributed by atoms with Crippen LogP contribution in [0, 0.1) is 0 Å². The highest BCUT2D eigenvalue weighted by atomic mass is 16.5. The normalized spacial score (nSPS) is 20.0. The lowest BCUT2D eigenvalue weighted by Crippen LogP contribution is -2.39. The molecule has 0 bridgehead atoms. The smallest absolute Gasteiger partial charge is 0.0594 e. The van der Waals surface area contributed by atoms with Gasteiger partial charge in [-0.2, -0.15) is 0 Å². The van der Waals surface area contributed by atoms with Crippen molar-refractivity contribution in [2.45, 2.75) is 13.0 Å². The van der Waals surface area contributed by atoms with Crippen LogP contribution in [-0.2, 0) is 17.7 Å². The Hall–Kier alpha value is -1.10. The molecule has 2 N–H and O–H groups in total. The van der Waals surface area contributed by atoms with Gasteiger partial charge < -0.3 is 15.4 Å². The molecule has 0 saturated carbocycles. The lowest BCUT2D eigenvalue weighted by atomic mass is 9.99. The molecule has 4 nitrogen and oxygen atoms in total. The number of benzene rings is 1. The summed E-state index contributed by atoms with van der Waals surface area (Å²) >= 11 is 0. The highest BCUT2D eigenvalue weighted by molar-refractivity contribution is 5.55. The summed E-state index contributed by atoms with van der Waals surface area (Å²) in [5.41, 5.74) is 4.28. The molecule has 1 saturated heterocycles. The van der Waals surface area contributed by atoms with Crippen LogP contribution in [-0.4, -0.2) is 50.8 Å². The molecule has 1 aromatic rings. The maximum absolute atomic E-state index is 5.37. The largest absolute Gasteiger partial charge is 0.384 e. The Morgan fingerprint density at radius 2 is 2.16 bits per heavy atom. The van der Waals surface area contributed by atoms with Crippen LogP contribution in [0.4, 0.5) is 5.69 Å². The highest BCUT2D eigenvalue weighted by Gasteiger charge is 2.13. The second-order valence-corrected chi connectivity index (χ2v) is 5.25. The summed E-state index contributed by atoms with van der Waals surface area (Å²) in [7, 11) is 0. The van der Waals surface area contributed by atoms with Gasteiger partial charge in [-0.1, -0.05) is 12.1 Å². The first-order valence-electron chi connectivity index (χ1n) is 7.29. The minimum atomic E-state index is 0.881. The van der Waals surface area contributed by atoms with Gasteiger partial charge in [0.2, 0.25) is 0 Å². The summed E-state index contributed by atoms with van der Waals surface area (Å²) in [6.07, 6.45) is 1.13. The molecule has 0 aliphatic carbocycles. The number of nitrogens with one attached hydrogen (secondary N) is 2. The van der Waals surface area contributed by atoms with Crippen LogP contribution in [0.2, 0.25) is 0 Å². The molecule has 3 rings (SSSR count). The number of morpholine rings is 1. The molecule has 4 heteroatoms. The molecule has 2 aliphatic heterocycles. The number of hydrogen-bond acceptors (Lipinski definition) is 4. The van der Waals surface area contributed by atoms with E-state index in [1.54, 1.807) is 0 Å². The maximum Gasteiger partial charge on any atom is 0.0594 e. The zero-order valence-corrected chi connectivity index (χ0v) is 11.5. The number of ether oxygens (including phenoxy) is 1. The van der Waals surface area contributed by atoms with Gasteiger partial charge in [-0.25, -0.2) is 0 Å². The summed E-state index contributed by atoms with van der Waals surface area (Å²) in [6.45, 7) is 8.12. The van der Waals surface area contributed by atoms with E-state index in [2.05, 4.69) is 33.7 Å². The lowest BCUT2D eigenvalue weighted by molar-refractivity contribution is 0.0398. The standard InChI is InChI=1S/C15H23N3O/c1-2-13-12-16-5-4-14(13)15(3-1)17-6-7-18-8-10-19-11-9-18/h1-3,16-17H,4-12H2. The predicted molar refractivity (Wildman–Crippen MR) is 77.6 cm³/mol. The Kier molecular flexibility index (Phi) is 4.33. The number of fused-ring (bicyclic) bond motifs is 1. The predicted octanol–water partition coefficient (Wildman–Crippen LogP) is 1.08. The van der Waals surface area contributed by atoms with E-state index in [0.29, 0.717) is 0 Å². The molecule has 2 heterocycles. The fourth-order valence-electron chi connectivity index (χ4n) is 2.87. The van der Waals surface area contributed by atoms with Crippen molar-refractivity contribution in [2.24, 2.45) is 0 Å². The summed E-state index contributed by atoms with van der Waals surface area (Å²) in [5.74, 6) is 0. The molecular weight excluding hydrogens is 238 g/mol. The average Bonchev–Trinajstić information content (AvgIpc) is 2.49. The zero-order valence-electron chi connectivity index (χ0n) is 11.5. The second kappa shape index (κ2) is 6.37. The van der Waals surface area contributed by atoms with Gasteiger partial charge in [-0.3, -0.25) is 4.90 Å². The molecular formula is C15H23N3O. The Bertz CT molecular complexity index is 416. The van der Waals surface area contributed by atoms with Crippen LogP contribution in [0.15, 0.2) is 18.2 Å². The third kappa shape index (κ3) is 3.26. The molecule has 2 aliphatic rings.